The maximum atomic E-state index is 12.6. The van der Waals surface area contributed by atoms with E-state index in [0.717, 1.165) is 11.3 Å². The highest BCUT2D eigenvalue weighted by atomic mass is 35.5. The van der Waals surface area contributed by atoms with Crippen molar-refractivity contribution in [2.75, 3.05) is 17.2 Å². The normalized spacial score (nSPS) is 10.4. The van der Waals surface area contributed by atoms with E-state index in [-0.39, 0.29) is 27.9 Å². The lowest BCUT2D eigenvalue weighted by Gasteiger charge is -2.10. The minimum atomic E-state index is -0.657. The molecule has 3 rings (SSSR count). The highest BCUT2D eigenvalue weighted by Crippen LogP contribution is 2.37. The second-order valence-electron chi connectivity index (χ2n) is 6.09. The lowest BCUT2D eigenvalue weighted by atomic mass is 10.0. The summed E-state index contributed by atoms with van der Waals surface area (Å²) in [4.78, 5) is 35.7. The minimum absolute atomic E-state index is 0.108. The van der Waals surface area contributed by atoms with Crippen LogP contribution in [0, 0.1) is 10.1 Å². The number of nitro groups is 1. The molecule has 0 saturated heterocycles. The Morgan fingerprint density at radius 2 is 1.90 bits per heavy atom. The van der Waals surface area contributed by atoms with Crippen molar-refractivity contribution in [1.29, 1.82) is 0 Å². The van der Waals surface area contributed by atoms with Crippen LogP contribution in [0.15, 0.2) is 47.8 Å². The number of carbonyl (C=O) groups excluding carboxylic acids is 2. The van der Waals surface area contributed by atoms with Gasteiger partial charge in [0.25, 0.3) is 5.69 Å². The number of nitro benzene ring substituents is 1. The maximum absolute atomic E-state index is 12.6. The molecule has 2 N–H and O–H groups in total. The summed E-state index contributed by atoms with van der Waals surface area (Å²) in [6.45, 7) is 1.78. The van der Waals surface area contributed by atoms with Gasteiger partial charge < -0.3 is 10.1 Å². The summed E-state index contributed by atoms with van der Waals surface area (Å²) in [5.74, 6) is -0.657. The van der Waals surface area contributed by atoms with Crippen molar-refractivity contribution in [1.82, 2.24) is 0 Å². The van der Waals surface area contributed by atoms with Crippen LogP contribution in [0.2, 0.25) is 10.0 Å². The fourth-order valence-corrected chi connectivity index (χ4v) is 3.95. The van der Waals surface area contributed by atoms with Crippen LogP contribution in [0.5, 0.6) is 0 Å². The molecule has 0 fully saturated rings. The van der Waals surface area contributed by atoms with Gasteiger partial charge in [-0.05, 0) is 30.7 Å². The van der Waals surface area contributed by atoms with Crippen LogP contribution >= 0.6 is 34.5 Å². The molecule has 0 unspecified atom stereocenters. The van der Waals surface area contributed by atoms with Crippen LogP contribution in [-0.4, -0.2) is 23.5 Å². The van der Waals surface area contributed by atoms with Gasteiger partial charge in [0.1, 0.15) is 10.6 Å². The molecule has 1 heterocycles. The van der Waals surface area contributed by atoms with Crippen LogP contribution in [0.25, 0.3) is 11.1 Å². The summed E-state index contributed by atoms with van der Waals surface area (Å²) in [5, 5.41) is 18.8. The Hall–Kier alpha value is -3.14. The number of non-ortho nitro benzene ring substituents is 1. The van der Waals surface area contributed by atoms with Crippen LogP contribution in [0.3, 0.4) is 0 Å². The number of esters is 1. The number of urea groups is 1. The highest BCUT2D eigenvalue weighted by molar-refractivity contribution is 7.15. The molecule has 0 atom stereocenters. The van der Waals surface area contributed by atoms with E-state index in [2.05, 4.69) is 10.6 Å². The molecular weight excluding hydrogens is 465 g/mol. The number of rotatable bonds is 6. The molecule has 3 aromatic rings. The Bertz CT molecular complexity index is 1170. The topological polar surface area (TPSA) is 111 Å². The quantitative estimate of drug-likeness (QED) is 0.239. The minimum Gasteiger partial charge on any atom is -0.462 e. The monoisotopic (exact) mass is 479 g/mol. The van der Waals surface area contributed by atoms with E-state index < -0.39 is 16.9 Å². The van der Waals surface area contributed by atoms with E-state index >= 15 is 0 Å². The first-order chi connectivity index (χ1) is 14.8. The van der Waals surface area contributed by atoms with Gasteiger partial charge in [-0.1, -0.05) is 35.3 Å². The van der Waals surface area contributed by atoms with Crippen molar-refractivity contribution in [3.8, 4) is 11.1 Å². The van der Waals surface area contributed by atoms with Crippen LogP contribution in [-0.2, 0) is 4.74 Å². The first-order valence-corrected chi connectivity index (χ1v) is 10.5. The predicted molar refractivity (Wildman–Crippen MR) is 121 cm³/mol. The molecular formula is C20H15Cl2N3O5S. The van der Waals surface area contributed by atoms with Gasteiger partial charge in [-0.15, -0.1) is 11.3 Å². The molecule has 2 amide bonds. The molecule has 160 valence electrons. The molecule has 11 heteroatoms. The Morgan fingerprint density at radius 3 is 2.58 bits per heavy atom. The van der Waals surface area contributed by atoms with Crippen molar-refractivity contribution in [2.45, 2.75) is 6.92 Å². The summed E-state index contributed by atoms with van der Waals surface area (Å²) < 4.78 is 5.13. The molecule has 0 spiro atoms. The van der Waals surface area contributed by atoms with Gasteiger partial charge in [0.2, 0.25) is 0 Å². The fourth-order valence-electron chi connectivity index (χ4n) is 2.69. The third kappa shape index (κ3) is 5.32. The van der Waals surface area contributed by atoms with Crippen molar-refractivity contribution < 1.29 is 19.2 Å². The van der Waals surface area contributed by atoms with E-state index in [4.69, 9.17) is 27.9 Å². The van der Waals surface area contributed by atoms with Crippen molar-refractivity contribution in [3.05, 3.63) is 73.6 Å². The van der Waals surface area contributed by atoms with Gasteiger partial charge in [-0.25, -0.2) is 9.59 Å². The van der Waals surface area contributed by atoms with Gasteiger partial charge in [0, 0.05) is 28.8 Å². The van der Waals surface area contributed by atoms with E-state index in [1.165, 1.54) is 30.3 Å². The Morgan fingerprint density at radius 1 is 1.13 bits per heavy atom. The number of anilines is 2. The van der Waals surface area contributed by atoms with Gasteiger partial charge in [0.05, 0.1) is 21.6 Å². The van der Waals surface area contributed by atoms with Crippen LogP contribution < -0.4 is 10.6 Å². The van der Waals surface area contributed by atoms with E-state index in [0.29, 0.717) is 21.8 Å². The zero-order valence-electron chi connectivity index (χ0n) is 16.0. The third-order valence-electron chi connectivity index (χ3n) is 4.04. The number of amides is 2. The van der Waals surface area contributed by atoms with E-state index in [1.54, 1.807) is 24.4 Å². The molecule has 2 aromatic carbocycles. The summed E-state index contributed by atoms with van der Waals surface area (Å²) in [6.07, 6.45) is 0. The average Bonchev–Trinajstić information content (AvgIpc) is 3.14. The van der Waals surface area contributed by atoms with Crippen molar-refractivity contribution in [3.63, 3.8) is 0 Å². The molecule has 0 saturated carbocycles. The number of nitrogens with zero attached hydrogens (tertiary/aromatic N) is 1. The Labute approximate surface area is 190 Å². The standard InChI is InChI=1S/C20H15Cl2N3O5S/c1-2-30-19(26)17-14(11-4-3-5-13(8-11)25(28)29)10-31-18(17)24-20(27)23-12-6-7-15(21)16(22)9-12/h3-10H,2H2,1H3,(H2,23,24,27). The average molecular weight is 480 g/mol. The molecule has 31 heavy (non-hydrogen) atoms. The second-order valence-corrected chi connectivity index (χ2v) is 7.78. The van der Waals surface area contributed by atoms with Gasteiger partial charge >= 0.3 is 12.0 Å². The van der Waals surface area contributed by atoms with Crippen molar-refractivity contribution >= 4 is 62.9 Å². The number of hydrogen-bond donors (Lipinski definition) is 2. The summed E-state index contributed by atoms with van der Waals surface area (Å²) in [5.41, 5.74) is 1.26. The lowest BCUT2D eigenvalue weighted by Crippen LogP contribution is -2.20. The van der Waals surface area contributed by atoms with Crippen LogP contribution in [0.4, 0.5) is 21.2 Å². The number of halogens is 2. The summed E-state index contributed by atoms with van der Waals surface area (Å²) in [6, 6.07) is 9.84. The van der Waals surface area contributed by atoms with Gasteiger partial charge in [0.15, 0.2) is 0 Å². The summed E-state index contributed by atoms with van der Waals surface area (Å²) in [7, 11) is 0. The van der Waals surface area contributed by atoms with Gasteiger partial charge in [-0.2, -0.15) is 0 Å². The first kappa shape index (κ1) is 22.5. The van der Waals surface area contributed by atoms with Gasteiger partial charge in [-0.3, -0.25) is 15.4 Å². The number of carbonyl (C=O) groups is 2. The van der Waals surface area contributed by atoms with Crippen LogP contribution in [0.1, 0.15) is 17.3 Å². The number of nitrogens with one attached hydrogen (secondary N) is 2. The smallest absolute Gasteiger partial charge is 0.341 e. The van der Waals surface area contributed by atoms with E-state index in [9.17, 15) is 19.7 Å². The summed E-state index contributed by atoms with van der Waals surface area (Å²) >= 11 is 12.9. The molecule has 0 aliphatic carbocycles. The van der Waals surface area contributed by atoms with E-state index in [1.807, 2.05) is 0 Å². The Kier molecular flexibility index (Phi) is 7.11. The largest absolute Gasteiger partial charge is 0.462 e. The van der Waals surface area contributed by atoms with Crippen molar-refractivity contribution in [2.24, 2.45) is 0 Å². The lowest BCUT2D eigenvalue weighted by molar-refractivity contribution is -0.384. The highest BCUT2D eigenvalue weighted by Gasteiger charge is 2.24. The number of ether oxygens (including phenoxy) is 1. The zero-order valence-corrected chi connectivity index (χ0v) is 18.3. The number of thiophene rings is 1. The maximum Gasteiger partial charge on any atom is 0.341 e. The first-order valence-electron chi connectivity index (χ1n) is 8.86. The molecule has 0 aliphatic rings. The third-order valence-corrected chi connectivity index (χ3v) is 5.68. The Balaban J connectivity index is 1.92. The molecule has 0 radical (unpaired) electrons. The number of hydrogen-bond acceptors (Lipinski definition) is 6. The molecule has 1 aromatic heterocycles. The second kappa shape index (κ2) is 9.78. The zero-order chi connectivity index (χ0) is 22.5. The number of benzene rings is 2. The molecule has 0 bridgehead atoms. The fraction of sp³-hybridized carbons (Fsp3) is 0.100. The predicted octanol–water partition coefficient (Wildman–Crippen LogP) is 6.45. The SMILES string of the molecule is CCOC(=O)c1c(-c2cccc([N+](=O)[O-])c2)csc1NC(=O)Nc1ccc(Cl)c(Cl)c1. The molecule has 8 nitrogen and oxygen atoms in total. The molecule has 0 aliphatic heterocycles.